The first-order valence-corrected chi connectivity index (χ1v) is 9.76. The molecule has 1 saturated carbocycles. The Hall–Kier alpha value is -2.79. The number of aromatic nitrogens is 2. The van der Waals surface area contributed by atoms with Crippen molar-refractivity contribution in [3.8, 4) is 11.8 Å². The summed E-state index contributed by atoms with van der Waals surface area (Å²) < 4.78 is 114. The second kappa shape index (κ2) is 8.16. The molecule has 0 saturated heterocycles. The largest absolute Gasteiger partial charge is 0.450 e. The highest BCUT2D eigenvalue weighted by Gasteiger charge is 2.86. The number of carbonyl (C=O) groups excluding carboxylic acids is 1. The average Bonchev–Trinajstić information content (AvgIpc) is 3.11. The van der Waals surface area contributed by atoms with Crippen LogP contribution in [0.25, 0.3) is 5.69 Å². The molecule has 1 aliphatic carbocycles. The Labute approximate surface area is 195 Å². The van der Waals surface area contributed by atoms with E-state index in [2.05, 4.69) is 9.84 Å². The molecule has 1 amide bonds. The summed E-state index contributed by atoms with van der Waals surface area (Å²) in [7, 11) is 0. The molecule has 3 rings (SSSR count). The molecule has 1 heterocycles. The number of hydrogen-bond donors (Lipinski definition) is 1. The van der Waals surface area contributed by atoms with Gasteiger partial charge in [-0.15, -0.1) is 0 Å². The summed E-state index contributed by atoms with van der Waals surface area (Å²) in [6.07, 6.45) is -13.7. The third kappa shape index (κ3) is 4.00. The van der Waals surface area contributed by atoms with Crippen molar-refractivity contribution in [3.63, 3.8) is 0 Å². The van der Waals surface area contributed by atoms with Crippen molar-refractivity contribution in [1.82, 2.24) is 9.78 Å². The molecule has 184 valence electrons. The number of alkyl halides is 8. The van der Waals surface area contributed by atoms with Crippen molar-refractivity contribution in [1.29, 1.82) is 5.26 Å². The molecule has 0 radical (unpaired) electrons. The van der Waals surface area contributed by atoms with E-state index in [-0.39, 0.29) is 11.3 Å². The molecule has 1 aliphatic rings. The van der Waals surface area contributed by atoms with Crippen LogP contribution >= 0.6 is 23.2 Å². The summed E-state index contributed by atoms with van der Waals surface area (Å²) >= 11 is 11.8. The van der Waals surface area contributed by atoms with Crippen molar-refractivity contribution in [2.24, 2.45) is 0 Å². The molecule has 1 unspecified atom stereocenters. The fourth-order valence-electron chi connectivity index (χ4n) is 3.38. The number of nitrogens with zero attached hydrogens (tertiary/aromatic N) is 3. The monoisotopic (exact) mass is 536 g/mol. The van der Waals surface area contributed by atoms with E-state index in [0.717, 1.165) is 0 Å². The lowest BCUT2D eigenvalue weighted by molar-refractivity contribution is -0.182. The van der Waals surface area contributed by atoms with Gasteiger partial charge >= 0.3 is 18.4 Å². The fourth-order valence-corrected chi connectivity index (χ4v) is 4.03. The number of amides is 1. The van der Waals surface area contributed by atoms with E-state index >= 15 is 0 Å². The average molecular weight is 537 g/mol. The lowest BCUT2D eigenvalue weighted by Crippen LogP contribution is -2.36. The molecular formula is C18H10Cl2F8N4O2. The second-order valence-electron chi connectivity index (χ2n) is 7.01. The van der Waals surface area contributed by atoms with Crippen LogP contribution in [0.2, 0.25) is 10.0 Å². The molecule has 6 nitrogen and oxygen atoms in total. The quantitative estimate of drug-likeness (QED) is 0.453. The van der Waals surface area contributed by atoms with Crippen LogP contribution in [0, 0.1) is 11.3 Å². The summed E-state index contributed by atoms with van der Waals surface area (Å²) in [4.78, 5) is 12.0. The second-order valence-corrected chi connectivity index (χ2v) is 7.83. The molecule has 1 aromatic heterocycles. The maximum atomic E-state index is 14.2. The van der Waals surface area contributed by atoms with Gasteiger partial charge in [0.15, 0.2) is 11.1 Å². The van der Waals surface area contributed by atoms with Gasteiger partial charge in [-0.3, -0.25) is 5.32 Å². The Morgan fingerprint density at radius 3 is 2.15 bits per heavy atom. The van der Waals surface area contributed by atoms with E-state index in [9.17, 15) is 45.2 Å². The third-order valence-corrected chi connectivity index (χ3v) is 5.52. The highest BCUT2D eigenvalue weighted by molar-refractivity contribution is 6.38. The first-order chi connectivity index (χ1) is 15.5. The summed E-state index contributed by atoms with van der Waals surface area (Å²) in [6, 6.07) is 1.95. The Balaban J connectivity index is 2.38. The lowest BCUT2D eigenvalue weighted by atomic mass is 9.93. The van der Waals surface area contributed by atoms with Crippen molar-refractivity contribution in [2.45, 2.75) is 37.0 Å². The van der Waals surface area contributed by atoms with Crippen LogP contribution in [0.3, 0.4) is 0 Å². The summed E-state index contributed by atoms with van der Waals surface area (Å²) in [5, 5.41) is 13.1. The van der Waals surface area contributed by atoms with Crippen LogP contribution in [0.15, 0.2) is 12.1 Å². The Bertz CT molecular complexity index is 1180. The zero-order valence-electron chi connectivity index (χ0n) is 16.5. The van der Waals surface area contributed by atoms with Crippen LogP contribution in [0.1, 0.15) is 30.2 Å². The SMILES string of the molecule is CCOC(=O)Nc1c(C2(C(F)(F)F)CC2(F)F)c(C#N)nn1-c1c(Cl)cc(C(F)(F)F)cc1Cl. The van der Waals surface area contributed by atoms with E-state index < -0.39 is 74.6 Å². The van der Waals surface area contributed by atoms with Gasteiger partial charge in [-0.1, -0.05) is 23.2 Å². The zero-order chi connectivity index (χ0) is 25.9. The number of anilines is 1. The molecule has 1 aromatic carbocycles. The van der Waals surface area contributed by atoms with Gasteiger partial charge in [0.2, 0.25) is 0 Å². The van der Waals surface area contributed by atoms with E-state index in [1.807, 2.05) is 0 Å². The normalized spacial score (nSPS) is 19.5. The Morgan fingerprint density at radius 1 is 1.24 bits per heavy atom. The number of benzene rings is 1. The third-order valence-electron chi connectivity index (χ3n) is 4.94. The maximum absolute atomic E-state index is 14.2. The molecule has 34 heavy (non-hydrogen) atoms. The van der Waals surface area contributed by atoms with Crippen LogP contribution < -0.4 is 5.32 Å². The van der Waals surface area contributed by atoms with Crippen molar-refractivity contribution in [3.05, 3.63) is 39.0 Å². The first kappa shape index (κ1) is 25.8. The maximum Gasteiger partial charge on any atom is 0.416 e. The van der Waals surface area contributed by atoms with Crippen molar-refractivity contribution in [2.75, 3.05) is 11.9 Å². The predicted octanol–water partition coefficient (Wildman–Crippen LogP) is 6.48. The van der Waals surface area contributed by atoms with E-state index in [1.54, 1.807) is 5.32 Å². The van der Waals surface area contributed by atoms with Gasteiger partial charge in [-0.05, 0) is 19.1 Å². The number of hydrogen-bond acceptors (Lipinski definition) is 4. The zero-order valence-corrected chi connectivity index (χ0v) is 18.0. The minimum atomic E-state index is -5.62. The Morgan fingerprint density at radius 2 is 1.76 bits per heavy atom. The van der Waals surface area contributed by atoms with E-state index in [4.69, 9.17) is 23.2 Å². The Kier molecular flexibility index (Phi) is 6.20. The fraction of sp³-hybridized carbons (Fsp3) is 0.389. The van der Waals surface area contributed by atoms with Crippen LogP contribution in [0.5, 0.6) is 0 Å². The highest BCUT2D eigenvalue weighted by Crippen LogP contribution is 2.70. The molecule has 0 bridgehead atoms. The molecule has 16 heteroatoms. The summed E-state index contributed by atoms with van der Waals surface area (Å²) in [6.45, 7) is 1.04. The van der Waals surface area contributed by atoms with Gasteiger partial charge in [0.05, 0.1) is 27.8 Å². The lowest BCUT2D eigenvalue weighted by Gasteiger charge is -2.22. The van der Waals surface area contributed by atoms with Crippen LogP contribution in [0.4, 0.5) is 45.7 Å². The predicted molar refractivity (Wildman–Crippen MR) is 101 cm³/mol. The van der Waals surface area contributed by atoms with Gasteiger partial charge in [-0.25, -0.2) is 18.3 Å². The molecule has 1 fully saturated rings. The van der Waals surface area contributed by atoms with Crippen molar-refractivity contribution < 1.29 is 44.7 Å². The molecule has 1 atom stereocenters. The first-order valence-electron chi connectivity index (χ1n) is 9.00. The van der Waals surface area contributed by atoms with Gasteiger partial charge in [0.25, 0.3) is 5.92 Å². The number of nitrogens with one attached hydrogen (secondary N) is 1. The van der Waals surface area contributed by atoms with Crippen molar-refractivity contribution >= 4 is 35.1 Å². The number of carbonyl (C=O) groups is 1. The summed E-state index contributed by atoms with van der Waals surface area (Å²) in [5.74, 6) is -5.50. The number of rotatable bonds is 4. The van der Waals surface area contributed by atoms with E-state index in [0.29, 0.717) is 12.1 Å². The number of halogens is 10. The molecule has 0 aliphatic heterocycles. The molecule has 1 N–H and O–H groups in total. The molecule has 0 spiro atoms. The number of nitriles is 1. The van der Waals surface area contributed by atoms with Gasteiger partial charge in [0.1, 0.15) is 17.6 Å². The van der Waals surface area contributed by atoms with Gasteiger partial charge in [-0.2, -0.15) is 36.7 Å². The molecule has 2 aromatic rings. The van der Waals surface area contributed by atoms with Crippen LogP contribution in [-0.4, -0.2) is 34.6 Å². The van der Waals surface area contributed by atoms with Crippen LogP contribution in [-0.2, 0) is 16.3 Å². The minimum absolute atomic E-state index is 0.289. The van der Waals surface area contributed by atoms with E-state index in [1.165, 1.54) is 13.0 Å². The summed E-state index contributed by atoms with van der Waals surface area (Å²) in [5.41, 5.74) is -8.55. The molecular weight excluding hydrogens is 527 g/mol. The minimum Gasteiger partial charge on any atom is -0.450 e. The number of ether oxygens (including phenoxy) is 1. The van der Waals surface area contributed by atoms with Gasteiger partial charge < -0.3 is 4.74 Å². The standard InChI is InChI=1S/C18H10Cl2F8N4O2/c1-2-34-14(33)30-13-11(15(18(26,27)28)6-16(15,21)22)10(5-29)31-32(13)12-8(19)3-7(4-9(12)20)17(23,24)25/h3-4H,2,6H2,1H3,(H,30,33). The van der Waals surface area contributed by atoms with Gasteiger partial charge in [0, 0.05) is 6.42 Å². The highest BCUT2D eigenvalue weighted by atomic mass is 35.5. The topological polar surface area (TPSA) is 79.9 Å². The smallest absolute Gasteiger partial charge is 0.416 e.